The standard InChI is InChI=1S/C29H32N4O4/c1-4-36-24-15-12-20(17-25(24)37-5-2)28-22-8-6-7-9-23(22)29(35)33(32-28)21-13-10-19(11-14-21)27-18(3)16-26(34)30-31-27/h6-7,10-15,17-18,22-23H,4-5,8-9,16H2,1-3H3,(H,30,34)/t18?,22-,23+/m0/s1. The van der Waals surface area contributed by atoms with E-state index in [-0.39, 0.29) is 29.6 Å². The number of amides is 2. The summed E-state index contributed by atoms with van der Waals surface area (Å²) in [6.07, 6.45) is 6.08. The van der Waals surface area contributed by atoms with Gasteiger partial charge in [-0.1, -0.05) is 31.2 Å². The molecule has 1 unspecified atom stereocenters. The Balaban J connectivity index is 1.51. The Morgan fingerprint density at radius 3 is 2.27 bits per heavy atom. The minimum atomic E-state index is -0.183. The van der Waals surface area contributed by atoms with Gasteiger partial charge >= 0.3 is 0 Å². The van der Waals surface area contributed by atoms with Gasteiger partial charge in [0.25, 0.3) is 5.91 Å². The van der Waals surface area contributed by atoms with E-state index in [9.17, 15) is 9.59 Å². The number of carbonyl (C=O) groups excluding carboxylic acids is 2. The van der Waals surface area contributed by atoms with Gasteiger partial charge in [0.15, 0.2) is 11.5 Å². The summed E-state index contributed by atoms with van der Waals surface area (Å²) in [5.41, 5.74) is 6.80. The summed E-state index contributed by atoms with van der Waals surface area (Å²) < 4.78 is 11.6. The van der Waals surface area contributed by atoms with Gasteiger partial charge in [0.05, 0.1) is 36.2 Å². The fourth-order valence-electron chi connectivity index (χ4n) is 5.22. The maximum absolute atomic E-state index is 13.6. The quantitative estimate of drug-likeness (QED) is 0.559. The number of rotatable bonds is 7. The summed E-state index contributed by atoms with van der Waals surface area (Å²) in [4.78, 5) is 25.2. The van der Waals surface area contributed by atoms with Crippen molar-refractivity contribution in [3.8, 4) is 11.5 Å². The molecule has 37 heavy (non-hydrogen) atoms. The van der Waals surface area contributed by atoms with Crippen LogP contribution in [0.1, 0.15) is 51.2 Å². The Labute approximate surface area is 217 Å². The monoisotopic (exact) mass is 500 g/mol. The number of allylic oxidation sites excluding steroid dienone is 2. The first-order chi connectivity index (χ1) is 18.0. The van der Waals surface area contributed by atoms with E-state index in [1.165, 1.54) is 5.01 Å². The molecule has 2 amide bonds. The van der Waals surface area contributed by atoms with Crippen molar-refractivity contribution in [1.82, 2.24) is 5.43 Å². The SMILES string of the molecule is CCOc1ccc(C2=NN(c3ccc(C4=NNC(=O)CC4C)cc3)C(=O)[C@@H]3CC=CC[C@H]23)cc1OCC. The van der Waals surface area contributed by atoms with Crippen LogP contribution >= 0.6 is 0 Å². The summed E-state index contributed by atoms with van der Waals surface area (Å²) in [6.45, 7) is 6.95. The lowest BCUT2D eigenvalue weighted by Crippen LogP contribution is -2.45. The highest BCUT2D eigenvalue weighted by Crippen LogP contribution is 2.38. The molecule has 5 rings (SSSR count). The van der Waals surface area contributed by atoms with E-state index in [1.807, 2.05) is 63.2 Å². The van der Waals surface area contributed by atoms with Crippen LogP contribution in [0.25, 0.3) is 0 Å². The Hall–Kier alpha value is -3.94. The van der Waals surface area contributed by atoms with Crippen molar-refractivity contribution >= 4 is 28.9 Å². The Bertz CT molecular complexity index is 1280. The number of nitrogens with zero attached hydrogens (tertiary/aromatic N) is 3. The maximum atomic E-state index is 13.6. The molecule has 0 saturated heterocycles. The summed E-state index contributed by atoms with van der Waals surface area (Å²) in [6, 6.07) is 13.5. The molecule has 0 fully saturated rings. The molecule has 2 aromatic carbocycles. The van der Waals surface area contributed by atoms with E-state index in [0.717, 1.165) is 29.0 Å². The molecule has 0 radical (unpaired) electrons. The summed E-state index contributed by atoms with van der Waals surface area (Å²) in [5.74, 6) is 1.14. The van der Waals surface area contributed by atoms with Gasteiger partial charge in [-0.3, -0.25) is 9.59 Å². The lowest BCUT2D eigenvalue weighted by atomic mass is 9.76. The average Bonchev–Trinajstić information content (AvgIpc) is 2.91. The molecule has 2 heterocycles. The summed E-state index contributed by atoms with van der Waals surface area (Å²) in [5, 5.41) is 10.7. The van der Waals surface area contributed by atoms with Gasteiger partial charge in [-0.2, -0.15) is 10.2 Å². The lowest BCUT2D eigenvalue weighted by Gasteiger charge is -2.37. The first-order valence-electron chi connectivity index (χ1n) is 12.9. The van der Waals surface area contributed by atoms with Crippen molar-refractivity contribution in [3.63, 3.8) is 0 Å². The molecule has 2 aliphatic heterocycles. The van der Waals surface area contributed by atoms with E-state index in [2.05, 4.69) is 22.7 Å². The van der Waals surface area contributed by atoms with Crippen molar-refractivity contribution in [3.05, 3.63) is 65.7 Å². The molecule has 8 nitrogen and oxygen atoms in total. The molecule has 8 heteroatoms. The normalized spacial score (nSPS) is 23.1. The average molecular weight is 501 g/mol. The second-order valence-electron chi connectivity index (χ2n) is 9.50. The van der Waals surface area contributed by atoms with Gasteiger partial charge in [0, 0.05) is 23.8 Å². The van der Waals surface area contributed by atoms with Crippen LogP contribution < -0.4 is 19.9 Å². The highest BCUT2D eigenvalue weighted by atomic mass is 16.5. The number of anilines is 1. The first-order valence-corrected chi connectivity index (χ1v) is 12.9. The first kappa shape index (κ1) is 24.7. The van der Waals surface area contributed by atoms with Crippen LogP contribution in [0, 0.1) is 17.8 Å². The molecule has 3 aliphatic rings. The third kappa shape index (κ3) is 4.88. The fourth-order valence-corrected chi connectivity index (χ4v) is 5.22. The maximum Gasteiger partial charge on any atom is 0.251 e. The number of fused-ring (bicyclic) bond motifs is 1. The molecule has 1 N–H and O–H groups in total. The number of hydrazone groups is 2. The second kappa shape index (κ2) is 10.6. The number of hydrogen-bond acceptors (Lipinski definition) is 6. The van der Waals surface area contributed by atoms with Crippen molar-refractivity contribution in [2.24, 2.45) is 28.0 Å². The molecule has 3 atom stereocenters. The van der Waals surface area contributed by atoms with E-state index in [0.29, 0.717) is 43.2 Å². The molecule has 1 aliphatic carbocycles. The van der Waals surface area contributed by atoms with Gasteiger partial charge in [-0.25, -0.2) is 10.4 Å². The molecule has 0 spiro atoms. The Morgan fingerprint density at radius 1 is 0.892 bits per heavy atom. The van der Waals surface area contributed by atoms with Crippen molar-refractivity contribution < 1.29 is 19.1 Å². The van der Waals surface area contributed by atoms with Crippen molar-refractivity contribution in [2.45, 2.75) is 40.0 Å². The van der Waals surface area contributed by atoms with E-state index in [4.69, 9.17) is 14.6 Å². The molecular formula is C29H32N4O4. The van der Waals surface area contributed by atoms with Crippen LogP contribution in [0.15, 0.2) is 64.8 Å². The number of benzene rings is 2. The van der Waals surface area contributed by atoms with Gasteiger partial charge in [0.2, 0.25) is 5.91 Å². The minimum absolute atomic E-state index is 0.00139. The van der Waals surface area contributed by atoms with Crippen molar-refractivity contribution in [1.29, 1.82) is 0 Å². The number of carbonyl (C=O) groups is 2. The van der Waals surface area contributed by atoms with Crippen molar-refractivity contribution in [2.75, 3.05) is 18.2 Å². The molecule has 192 valence electrons. The molecule has 0 aromatic heterocycles. The van der Waals surface area contributed by atoms with E-state index < -0.39 is 0 Å². The second-order valence-corrected chi connectivity index (χ2v) is 9.50. The summed E-state index contributed by atoms with van der Waals surface area (Å²) in [7, 11) is 0. The van der Waals surface area contributed by atoms with Crippen LogP contribution in [-0.4, -0.2) is 36.5 Å². The zero-order valence-electron chi connectivity index (χ0n) is 21.4. The largest absolute Gasteiger partial charge is 0.490 e. The summed E-state index contributed by atoms with van der Waals surface area (Å²) >= 11 is 0. The zero-order chi connectivity index (χ0) is 25.9. The lowest BCUT2D eigenvalue weighted by molar-refractivity contribution is -0.124. The van der Waals surface area contributed by atoms with Crippen LogP contribution in [0.5, 0.6) is 11.5 Å². The van der Waals surface area contributed by atoms with Gasteiger partial charge in [-0.15, -0.1) is 0 Å². The van der Waals surface area contributed by atoms with E-state index >= 15 is 0 Å². The fraction of sp³-hybridized carbons (Fsp3) is 0.379. The van der Waals surface area contributed by atoms with Crippen LogP contribution in [0.2, 0.25) is 0 Å². The molecular weight excluding hydrogens is 468 g/mol. The Morgan fingerprint density at radius 2 is 1.57 bits per heavy atom. The van der Waals surface area contributed by atoms with Gasteiger partial charge < -0.3 is 9.47 Å². The number of nitrogens with one attached hydrogen (secondary N) is 1. The molecule has 0 bridgehead atoms. The third-order valence-corrected chi connectivity index (χ3v) is 7.02. The highest BCUT2D eigenvalue weighted by Gasteiger charge is 2.40. The Kier molecular flexibility index (Phi) is 7.08. The highest BCUT2D eigenvalue weighted by molar-refractivity contribution is 6.12. The molecule has 0 saturated carbocycles. The van der Waals surface area contributed by atoms with E-state index in [1.54, 1.807) is 0 Å². The predicted octanol–water partition coefficient (Wildman–Crippen LogP) is 4.68. The molecule has 2 aromatic rings. The smallest absolute Gasteiger partial charge is 0.251 e. The van der Waals surface area contributed by atoms with Crippen LogP contribution in [-0.2, 0) is 9.59 Å². The van der Waals surface area contributed by atoms with Crippen LogP contribution in [0.4, 0.5) is 5.69 Å². The number of ether oxygens (including phenoxy) is 2. The zero-order valence-corrected chi connectivity index (χ0v) is 21.4. The van der Waals surface area contributed by atoms with Gasteiger partial charge in [-0.05, 0) is 62.6 Å². The van der Waals surface area contributed by atoms with Gasteiger partial charge in [0.1, 0.15) is 0 Å². The number of hydrogen-bond donors (Lipinski definition) is 1. The topological polar surface area (TPSA) is 92.6 Å². The third-order valence-electron chi connectivity index (χ3n) is 7.02. The minimum Gasteiger partial charge on any atom is -0.490 e. The van der Waals surface area contributed by atoms with Crippen LogP contribution in [0.3, 0.4) is 0 Å². The predicted molar refractivity (Wildman–Crippen MR) is 143 cm³/mol.